The van der Waals surface area contributed by atoms with Crippen molar-refractivity contribution in [2.45, 2.75) is 13.0 Å². The second-order valence-corrected chi connectivity index (χ2v) is 4.56. The summed E-state index contributed by atoms with van der Waals surface area (Å²) in [4.78, 5) is 11.2. The maximum Gasteiger partial charge on any atom is 0.352 e. The minimum Gasteiger partial charge on any atom is -0.504 e. The number of aliphatic carboxylic acids is 1. The number of fused-ring (bicyclic) bond motifs is 1. The highest BCUT2D eigenvalue weighted by atomic mass is 16.5. The van der Waals surface area contributed by atoms with Gasteiger partial charge in [-0.25, -0.2) is 4.79 Å². The Balaban J connectivity index is 2.07. The lowest BCUT2D eigenvalue weighted by Gasteiger charge is -2.22. The van der Waals surface area contributed by atoms with Crippen molar-refractivity contribution in [3.05, 3.63) is 35.5 Å². The Morgan fingerprint density at radius 2 is 2.32 bits per heavy atom. The van der Waals surface area contributed by atoms with Crippen LogP contribution in [0.4, 0.5) is 5.95 Å². The molecule has 2 heterocycles. The van der Waals surface area contributed by atoms with Gasteiger partial charge in [0.1, 0.15) is 11.7 Å². The first-order chi connectivity index (χ1) is 10.6. The van der Waals surface area contributed by atoms with Gasteiger partial charge in [-0.05, 0) is 41.1 Å². The van der Waals surface area contributed by atoms with E-state index in [2.05, 4.69) is 20.8 Å². The molecule has 22 heavy (non-hydrogen) atoms. The van der Waals surface area contributed by atoms with Crippen molar-refractivity contribution in [2.75, 3.05) is 11.9 Å². The number of phenols is 1. The molecule has 0 amide bonds. The lowest BCUT2D eigenvalue weighted by Crippen LogP contribution is -2.24. The van der Waals surface area contributed by atoms with Crippen molar-refractivity contribution >= 4 is 11.9 Å². The Morgan fingerprint density at radius 3 is 3.05 bits per heavy atom. The van der Waals surface area contributed by atoms with Crippen LogP contribution < -0.4 is 10.1 Å². The number of nitrogens with one attached hydrogen (secondary N) is 1. The SMILES string of the molecule is CCOc1cc([C@H]2C=C(C(=O)O)Nc3nnnn32)ccc1O. The standard InChI is InChI=1S/C13H13N5O4/c1-2-22-11-5-7(3-4-10(11)19)9-6-8(12(20)21)14-13-15-16-17-18(9)13/h3-6,9,19H,2H2,1H3,(H,20,21)(H,14,15,17)/t9-/m1/s1. The average molecular weight is 303 g/mol. The van der Waals surface area contributed by atoms with Gasteiger partial charge in [0.05, 0.1) is 6.61 Å². The third kappa shape index (κ3) is 2.32. The van der Waals surface area contributed by atoms with Crippen LogP contribution in [-0.2, 0) is 4.79 Å². The summed E-state index contributed by atoms with van der Waals surface area (Å²) in [6, 6.07) is 4.27. The van der Waals surface area contributed by atoms with Gasteiger partial charge >= 0.3 is 5.97 Å². The van der Waals surface area contributed by atoms with E-state index in [-0.39, 0.29) is 17.4 Å². The Bertz CT molecular complexity index is 755. The molecule has 3 rings (SSSR count). The van der Waals surface area contributed by atoms with Crippen LogP contribution in [0.1, 0.15) is 18.5 Å². The largest absolute Gasteiger partial charge is 0.504 e. The first kappa shape index (κ1) is 13.9. The second kappa shape index (κ2) is 5.35. The number of phenolic OH excluding ortho intramolecular Hbond substituents is 1. The number of hydrogen-bond acceptors (Lipinski definition) is 7. The summed E-state index contributed by atoms with van der Waals surface area (Å²) in [6.07, 6.45) is 1.49. The van der Waals surface area contributed by atoms with E-state index in [1.807, 2.05) is 0 Å². The molecule has 2 aromatic rings. The van der Waals surface area contributed by atoms with E-state index < -0.39 is 12.0 Å². The van der Waals surface area contributed by atoms with E-state index in [1.54, 1.807) is 19.1 Å². The highest BCUT2D eigenvalue weighted by Crippen LogP contribution is 2.33. The first-order valence-electron chi connectivity index (χ1n) is 6.56. The van der Waals surface area contributed by atoms with Crippen LogP contribution in [0.15, 0.2) is 30.0 Å². The van der Waals surface area contributed by atoms with Crippen LogP contribution in [0.2, 0.25) is 0 Å². The third-order valence-electron chi connectivity index (χ3n) is 3.18. The summed E-state index contributed by atoms with van der Waals surface area (Å²) in [5.74, 6) is -0.545. The molecule has 1 aliphatic heterocycles. The maximum absolute atomic E-state index is 11.2. The number of aromatic hydroxyl groups is 1. The van der Waals surface area contributed by atoms with Crippen LogP contribution >= 0.6 is 0 Å². The van der Waals surface area contributed by atoms with Gasteiger partial charge in [-0.2, -0.15) is 4.68 Å². The van der Waals surface area contributed by atoms with Gasteiger partial charge in [0.15, 0.2) is 11.5 Å². The Morgan fingerprint density at radius 1 is 1.50 bits per heavy atom. The van der Waals surface area contributed by atoms with Gasteiger partial charge in [-0.3, -0.25) is 0 Å². The van der Waals surface area contributed by atoms with E-state index in [0.717, 1.165) is 0 Å². The van der Waals surface area contributed by atoms with Crippen LogP contribution in [-0.4, -0.2) is 43.0 Å². The minimum absolute atomic E-state index is 0.0129. The molecule has 0 bridgehead atoms. The molecular weight excluding hydrogens is 290 g/mol. The normalized spacial score (nSPS) is 16.4. The third-order valence-corrected chi connectivity index (χ3v) is 3.18. The molecular formula is C13H13N5O4. The molecule has 1 aromatic heterocycles. The van der Waals surface area contributed by atoms with Crippen molar-refractivity contribution in [3.8, 4) is 11.5 Å². The number of anilines is 1. The van der Waals surface area contributed by atoms with Gasteiger partial charge in [0, 0.05) is 0 Å². The van der Waals surface area contributed by atoms with E-state index in [4.69, 9.17) is 4.74 Å². The van der Waals surface area contributed by atoms with Gasteiger partial charge in [-0.15, -0.1) is 0 Å². The number of tetrazole rings is 1. The zero-order valence-electron chi connectivity index (χ0n) is 11.6. The second-order valence-electron chi connectivity index (χ2n) is 4.56. The predicted molar refractivity (Wildman–Crippen MR) is 74.6 cm³/mol. The molecule has 9 heteroatoms. The molecule has 0 spiro atoms. The summed E-state index contributed by atoms with van der Waals surface area (Å²) in [5.41, 5.74) is 0.674. The van der Waals surface area contributed by atoms with Crippen molar-refractivity contribution in [1.82, 2.24) is 20.2 Å². The fourth-order valence-electron chi connectivity index (χ4n) is 2.20. The maximum atomic E-state index is 11.2. The van der Waals surface area contributed by atoms with E-state index in [1.165, 1.54) is 16.8 Å². The van der Waals surface area contributed by atoms with Crippen LogP contribution in [0.25, 0.3) is 0 Å². The lowest BCUT2D eigenvalue weighted by atomic mass is 10.0. The average Bonchev–Trinajstić information content (AvgIpc) is 2.97. The van der Waals surface area contributed by atoms with E-state index in [0.29, 0.717) is 17.9 Å². The van der Waals surface area contributed by atoms with Gasteiger partial charge in [-0.1, -0.05) is 11.2 Å². The van der Waals surface area contributed by atoms with Crippen LogP contribution in [0.5, 0.6) is 11.5 Å². The molecule has 0 unspecified atom stereocenters. The lowest BCUT2D eigenvalue weighted by molar-refractivity contribution is -0.132. The number of benzene rings is 1. The highest BCUT2D eigenvalue weighted by molar-refractivity contribution is 5.90. The van der Waals surface area contributed by atoms with Gasteiger partial charge in [0.2, 0.25) is 5.95 Å². The first-order valence-corrected chi connectivity index (χ1v) is 6.56. The summed E-state index contributed by atoms with van der Waals surface area (Å²) >= 11 is 0. The molecule has 0 saturated carbocycles. The van der Waals surface area contributed by atoms with Crippen molar-refractivity contribution < 1.29 is 19.7 Å². The Labute approximate surface area is 124 Å². The molecule has 9 nitrogen and oxygen atoms in total. The number of hydrogen-bond donors (Lipinski definition) is 3. The Kier molecular flexibility index (Phi) is 3.37. The molecule has 0 aliphatic carbocycles. The molecule has 3 N–H and O–H groups in total. The summed E-state index contributed by atoms with van der Waals surface area (Å²) in [6.45, 7) is 2.20. The number of aromatic nitrogens is 4. The topological polar surface area (TPSA) is 122 Å². The number of carbonyl (C=O) groups is 1. The zero-order chi connectivity index (χ0) is 15.7. The van der Waals surface area contributed by atoms with E-state index in [9.17, 15) is 15.0 Å². The fraction of sp³-hybridized carbons (Fsp3) is 0.231. The minimum atomic E-state index is -1.11. The van der Waals surface area contributed by atoms with E-state index >= 15 is 0 Å². The Hall–Kier alpha value is -3.10. The predicted octanol–water partition coefficient (Wildman–Crippen LogP) is 0.761. The number of nitrogens with zero attached hydrogens (tertiary/aromatic N) is 4. The summed E-state index contributed by atoms with van der Waals surface area (Å²) in [7, 11) is 0. The molecule has 114 valence electrons. The molecule has 0 saturated heterocycles. The zero-order valence-corrected chi connectivity index (χ0v) is 11.6. The molecule has 1 aromatic carbocycles. The number of rotatable bonds is 4. The molecule has 0 fully saturated rings. The van der Waals surface area contributed by atoms with Crippen molar-refractivity contribution in [2.24, 2.45) is 0 Å². The monoisotopic (exact) mass is 303 g/mol. The van der Waals surface area contributed by atoms with Gasteiger partial charge in [0.25, 0.3) is 0 Å². The van der Waals surface area contributed by atoms with Crippen LogP contribution in [0.3, 0.4) is 0 Å². The summed E-state index contributed by atoms with van der Waals surface area (Å²) in [5, 5.41) is 32.7. The quantitative estimate of drug-likeness (QED) is 0.756. The fourth-order valence-corrected chi connectivity index (χ4v) is 2.20. The number of ether oxygens (including phenoxy) is 1. The molecule has 0 radical (unpaired) electrons. The van der Waals surface area contributed by atoms with Crippen molar-refractivity contribution in [3.63, 3.8) is 0 Å². The number of allylic oxidation sites excluding steroid dienone is 1. The van der Waals surface area contributed by atoms with Crippen molar-refractivity contribution in [1.29, 1.82) is 0 Å². The molecule has 1 atom stereocenters. The van der Waals surface area contributed by atoms with Crippen LogP contribution in [0, 0.1) is 0 Å². The number of carboxylic acids is 1. The van der Waals surface area contributed by atoms with Gasteiger partial charge < -0.3 is 20.3 Å². The molecule has 1 aliphatic rings. The highest BCUT2D eigenvalue weighted by Gasteiger charge is 2.27. The number of carboxylic acid groups (broad SMARTS) is 1. The smallest absolute Gasteiger partial charge is 0.352 e. The summed E-state index contributed by atoms with van der Waals surface area (Å²) < 4.78 is 6.80.